The number of benzene rings is 1. The lowest BCUT2D eigenvalue weighted by atomic mass is 10.1. The number of H-pyrrole nitrogens is 1. The van der Waals surface area contributed by atoms with Crippen LogP contribution in [-0.4, -0.2) is 29.9 Å². The lowest BCUT2D eigenvalue weighted by Gasteiger charge is -2.08. The SMILES string of the molecule is CC(c1cn(-c2ccccc2F)nn1)c1nc(N)c2c(I)c[nH]c2n1. The lowest BCUT2D eigenvalue weighted by Crippen LogP contribution is -2.06. The van der Waals surface area contributed by atoms with Crippen LogP contribution >= 0.6 is 22.6 Å². The van der Waals surface area contributed by atoms with Crippen LogP contribution in [0.4, 0.5) is 10.2 Å². The van der Waals surface area contributed by atoms with Gasteiger partial charge in [-0.25, -0.2) is 19.0 Å². The highest BCUT2D eigenvalue weighted by molar-refractivity contribution is 14.1. The average Bonchev–Trinajstić information content (AvgIpc) is 3.22. The molecule has 1 atom stereocenters. The first kappa shape index (κ1) is 15.9. The molecule has 0 bridgehead atoms. The van der Waals surface area contributed by atoms with E-state index in [1.165, 1.54) is 10.7 Å². The first-order valence-corrected chi connectivity index (χ1v) is 8.59. The molecule has 0 spiro atoms. The van der Waals surface area contributed by atoms with E-state index in [0.717, 1.165) is 8.96 Å². The fourth-order valence-corrected chi connectivity index (χ4v) is 3.28. The van der Waals surface area contributed by atoms with Crippen LogP contribution in [0, 0.1) is 9.39 Å². The van der Waals surface area contributed by atoms with Crippen LogP contribution in [0.5, 0.6) is 0 Å². The van der Waals surface area contributed by atoms with Gasteiger partial charge in [-0.1, -0.05) is 17.3 Å². The van der Waals surface area contributed by atoms with Crippen molar-refractivity contribution in [3.63, 3.8) is 0 Å². The van der Waals surface area contributed by atoms with Crippen LogP contribution in [0.25, 0.3) is 16.7 Å². The second-order valence-electron chi connectivity index (χ2n) is 5.59. The number of rotatable bonds is 3. The molecular weight excluding hydrogens is 436 g/mol. The van der Waals surface area contributed by atoms with Gasteiger partial charge in [-0.2, -0.15) is 0 Å². The smallest absolute Gasteiger partial charge is 0.148 e. The standard InChI is InChI=1S/C16H13FIN7/c1-8(15-21-14(19)13-10(18)6-20-16(13)22-15)11-7-25(24-23-11)12-5-3-2-4-9(12)17/h2-8H,1H3,(H3,19,20,21,22). The second kappa shape index (κ2) is 6.06. The van der Waals surface area contributed by atoms with Gasteiger partial charge >= 0.3 is 0 Å². The largest absolute Gasteiger partial charge is 0.383 e. The fraction of sp³-hybridized carbons (Fsp3) is 0.125. The predicted molar refractivity (Wildman–Crippen MR) is 99.9 cm³/mol. The number of nitrogens with one attached hydrogen (secondary N) is 1. The maximum atomic E-state index is 13.9. The molecule has 1 aromatic carbocycles. The molecular formula is C16H13FIN7. The molecule has 4 rings (SSSR count). The van der Waals surface area contributed by atoms with Crippen LogP contribution in [0.1, 0.15) is 24.4 Å². The van der Waals surface area contributed by atoms with Gasteiger partial charge in [0, 0.05) is 9.77 Å². The molecule has 0 fully saturated rings. The summed E-state index contributed by atoms with van der Waals surface area (Å²) in [6, 6.07) is 6.39. The van der Waals surface area contributed by atoms with E-state index in [1.54, 1.807) is 24.4 Å². The van der Waals surface area contributed by atoms with Gasteiger partial charge in [0.2, 0.25) is 0 Å². The van der Waals surface area contributed by atoms with Gasteiger partial charge in [0.1, 0.15) is 28.8 Å². The Morgan fingerprint density at radius 2 is 2.08 bits per heavy atom. The van der Waals surface area contributed by atoms with Crippen molar-refractivity contribution in [3.8, 4) is 5.69 Å². The number of aromatic nitrogens is 6. The summed E-state index contributed by atoms with van der Waals surface area (Å²) in [5, 5.41) is 8.96. The number of fused-ring (bicyclic) bond motifs is 1. The molecule has 0 saturated carbocycles. The third kappa shape index (κ3) is 2.73. The molecule has 3 N–H and O–H groups in total. The molecule has 126 valence electrons. The van der Waals surface area contributed by atoms with E-state index < -0.39 is 0 Å². The highest BCUT2D eigenvalue weighted by atomic mass is 127. The van der Waals surface area contributed by atoms with E-state index in [2.05, 4.69) is 47.9 Å². The first-order chi connectivity index (χ1) is 12.0. The van der Waals surface area contributed by atoms with Crippen LogP contribution in [0.15, 0.2) is 36.7 Å². The number of halogens is 2. The third-order valence-corrected chi connectivity index (χ3v) is 4.82. The number of para-hydroxylation sites is 1. The van der Waals surface area contributed by atoms with E-state index in [1.807, 2.05) is 13.1 Å². The van der Waals surface area contributed by atoms with Crippen molar-refractivity contribution in [2.45, 2.75) is 12.8 Å². The summed E-state index contributed by atoms with van der Waals surface area (Å²) < 4.78 is 16.3. The monoisotopic (exact) mass is 449 g/mol. The molecule has 0 radical (unpaired) electrons. The molecule has 1 unspecified atom stereocenters. The molecule has 25 heavy (non-hydrogen) atoms. The minimum absolute atomic E-state index is 0.242. The Hall–Kier alpha value is -2.56. The van der Waals surface area contributed by atoms with Crippen molar-refractivity contribution >= 4 is 39.4 Å². The number of anilines is 1. The summed E-state index contributed by atoms with van der Waals surface area (Å²) in [4.78, 5) is 12.0. The van der Waals surface area contributed by atoms with E-state index in [0.29, 0.717) is 28.7 Å². The van der Waals surface area contributed by atoms with Crippen molar-refractivity contribution in [2.75, 3.05) is 5.73 Å². The molecule has 9 heteroatoms. The van der Waals surface area contributed by atoms with Crippen molar-refractivity contribution in [1.82, 2.24) is 29.9 Å². The normalized spacial score (nSPS) is 12.6. The second-order valence-corrected chi connectivity index (χ2v) is 6.75. The number of nitrogens with two attached hydrogens (primary N) is 1. The van der Waals surface area contributed by atoms with E-state index in [4.69, 9.17) is 5.73 Å². The van der Waals surface area contributed by atoms with Gasteiger partial charge < -0.3 is 10.7 Å². The number of nitrogens with zero attached hydrogens (tertiary/aromatic N) is 5. The lowest BCUT2D eigenvalue weighted by molar-refractivity contribution is 0.607. The minimum Gasteiger partial charge on any atom is -0.383 e. The Balaban J connectivity index is 1.72. The van der Waals surface area contributed by atoms with Gasteiger partial charge in [0.15, 0.2) is 0 Å². The van der Waals surface area contributed by atoms with Crippen molar-refractivity contribution in [1.29, 1.82) is 0 Å². The zero-order valence-electron chi connectivity index (χ0n) is 13.1. The fourth-order valence-electron chi connectivity index (χ4n) is 2.60. The summed E-state index contributed by atoms with van der Waals surface area (Å²) in [5.74, 6) is 0.338. The molecule has 0 aliphatic rings. The van der Waals surface area contributed by atoms with Crippen LogP contribution in [0.3, 0.4) is 0 Å². The van der Waals surface area contributed by atoms with Crippen LogP contribution in [-0.2, 0) is 0 Å². The van der Waals surface area contributed by atoms with E-state index >= 15 is 0 Å². The molecule has 7 nitrogen and oxygen atoms in total. The Morgan fingerprint density at radius 1 is 1.28 bits per heavy atom. The maximum Gasteiger partial charge on any atom is 0.148 e. The molecule has 4 aromatic rings. The van der Waals surface area contributed by atoms with Crippen LogP contribution in [0.2, 0.25) is 0 Å². The summed E-state index contributed by atoms with van der Waals surface area (Å²) in [6.45, 7) is 1.91. The highest BCUT2D eigenvalue weighted by Gasteiger charge is 2.19. The average molecular weight is 449 g/mol. The summed E-state index contributed by atoms with van der Waals surface area (Å²) >= 11 is 2.18. The number of hydrogen-bond donors (Lipinski definition) is 2. The Labute approximate surface area is 155 Å². The molecule has 0 aliphatic heterocycles. The Kier molecular flexibility index (Phi) is 3.86. The van der Waals surface area contributed by atoms with E-state index in [9.17, 15) is 4.39 Å². The van der Waals surface area contributed by atoms with Crippen molar-refractivity contribution < 1.29 is 4.39 Å². The topological polar surface area (TPSA) is 98.3 Å². The Bertz CT molecular complexity index is 1070. The summed E-state index contributed by atoms with van der Waals surface area (Å²) in [7, 11) is 0. The summed E-state index contributed by atoms with van der Waals surface area (Å²) in [6.07, 6.45) is 3.50. The van der Waals surface area contributed by atoms with Gasteiger partial charge in [-0.05, 0) is 41.6 Å². The quantitative estimate of drug-likeness (QED) is 0.469. The maximum absolute atomic E-state index is 13.9. The van der Waals surface area contributed by atoms with Crippen LogP contribution < -0.4 is 5.73 Å². The zero-order valence-corrected chi connectivity index (χ0v) is 15.3. The van der Waals surface area contributed by atoms with Gasteiger partial charge in [-0.15, -0.1) is 5.10 Å². The first-order valence-electron chi connectivity index (χ1n) is 7.51. The molecule has 0 aliphatic carbocycles. The van der Waals surface area contributed by atoms with Gasteiger partial charge in [-0.3, -0.25) is 0 Å². The molecule has 3 aromatic heterocycles. The zero-order chi connectivity index (χ0) is 17.6. The van der Waals surface area contributed by atoms with Gasteiger partial charge in [0.25, 0.3) is 0 Å². The predicted octanol–water partition coefficient (Wildman–Crippen LogP) is 3.02. The van der Waals surface area contributed by atoms with Crippen molar-refractivity contribution in [3.05, 3.63) is 57.6 Å². The molecule has 0 saturated heterocycles. The molecule has 3 heterocycles. The Morgan fingerprint density at radius 3 is 2.88 bits per heavy atom. The number of aromatic amines is 1. The number of hydrogen-bond acceptors (Lipinski definition) is 5. The van der Waals surface area contributed by atoms with Crippen molar-refractivity contribution in [2.24, 2.45) is 0 Å². The number of nitrogen functional groups attached to an aromatic ring is 1. The minimum atomic E-state index is -0.366. The third-order valence-electron chi connectivity index (χ3n) is 3.97. The van der Waals surface area contributed by atoms with Gasteiger partial charge in [0.05, 0.1) is 23.2 Å². The summed E-state index contributed by atoms with van der Waals surface area (Å²) in [5.41, 5.74) is 7.71. The molecule has 0 amide bonds. The highest BCUT2D eigenvalue weighted by Crippen LogP contribution is 2.27. The van der Waals surface area contributed by atoms with E-state index in [-0.39, 0.29) is 11.7 Å².